The average molecular weight is 307 g/mol. The Balaban J connectivity index is 1.90. The number of hydrogen-bond acceptors (Lipinski definition) is 3. The normalized spacial score (nSPS) is 25.1. The summed E-state index contributed by atoms with van der Waals surface area (Å²) in [6.07, 6.45) is -0.529. The monoisotopic (exact) mass is 307 g/mol. The Morgan fingerprint density at radius 2 is 2.10 bits per heavy atom. The van der Waals surface area contributed by atoms with Crippen molar-refractivity contribution >= 4 is 5.91 Å². The van der Waals surface area contributed by atoms with E-state index < -0.39 is 18.6 Å². The van der Waals surface area contributed by atoms with E-state index in [1.54, 1.807) is 6.92 Å². The summed E-state index contributed by atoms with van der Waals surface area (Å²) < 4.78 is 37.6. The van der Waals surface area contributed by atoms with Crippen LogP contribution in [0.25, 0.3) is 0 Å². The molecule has 0 aromatic rings. The van der Waals surface area contributed by atoms with E-state index in [1.807, 2.05) is 4.90 Å². The Hall–Kier alpha value is -0.820. The molecule has 1 spiro atoms. The molecule has 0 radical (unpaired) electrons. The molecule has 1 aliphatic heterocycles. The standard InChI is InChI=1S/C14H24F3N3O/c1-2-6-20(10-14(15,16)17)12(21)8-19-7-11(18)13(9-19)4-3-5-13/h11H,2-10,18H2,1H3. The third kappa shape index (κ3) is 3.88. The third-order valence-corrected chi connectivity index (χ3v) is 4.70. The summed E-state index contributed by atoms with van der Waals surface area (Å²) >= 11 is 0. The van der Waals surface area contributed by atoms with E-state index >= 15 is 0 Å². The summed E-state index contributed by atoms with van der Waals surface area (Å²) in [7, 11) is 0. The van der Waals surface area contributed by atoms with Gasteiger partial charge >= 0.3 is 6.18 Å². The lowest BCUT2D eigenvalue weighted by Crippen LogP contribution is -2.45. The van der Waals surface area contributed by atoms with Gasteiger partial charge in [-0.2, -0.15) is 13.2 Å². The first-order valence-corrected chi connectivity index (χ1v) is 7.58. The lowest BCUT2D eigenvalue weighted by molar-refractivity contribution is -0.161. The zero-order valence-electron chi connectivity index (χ0n) is 12.5. The van der Waals surface area contributed by atoms with Gasteiger partial charge in [-0.15, -0.1) is 0 Å². The van der Waals surface area contributed by atoms with Crippen molar-refractivity contribution < 1.29 is 18.0 Å². The Bertz CT molecular complexity index is 382. The maximum Gasteiger partial charge on any atom is 0.406 e. The SMILES string of the molecule is CCCN(CC(F)(F)F)C(=O)CN1CC(N)C2(CCC2)C1. The van der Waals surface area contributed by atoms with Gasteiger partial charge in [0.2, 0.25) is 5.91 Å². The number of rotatable bonds is 5. The largest absolute Gasteiger partial charge is 0.406 e. The first-order chi connectivity index (χ1) is 9.76. The highest BCUT2D eigenvalue weighted by molar-refractivity contribution is 5.78. The van der Waals surface area contributed by atoms with Gasteiger partial charge in [0.1, 0.15) is 6.54 Å². The smallest absolute Gasteiger partial charge is 0.332 e. The molecule has 1 amide bonds. The van der Waals surface area contributed by atoms with Crippen LogP contribution in [0.4, 0.5) is 13.2 Å². The Morgan fingerprint density at radius 1 is 1.43 bits per heavy atom. The molecule has 0 bridgehead atoms. The molecule has 0 aromatic heterocycles. The molecule has 2 N–H and O–H groups in total. The van der Waals surface area contributed by atoms with Crippen molar-refractivity contribution in [1.29, 1.82) is 0 Å². The minimum Gasteiger partial charge on any atom is -0.332 e. The van der Waals surface area contributed by atoms with Crippen molar-refractivity contribution in [2.24, 2.45) is 11.1 Å². The number of hydrogen-bond donors (Lipinski definition) is 1. The third-order valence-electron chi connectivity index (χ3n) is 4.70. The highest BCUT2D eigenvalue weighted by Gasteiger charge is 2.49. The summed E-state index contributed by atoms with van der Waals surface area (Å²) in [5.41, 5.74) is 6.24. The lowest BCUT2D eigenvalue weighted by Gasteiger charge is -2.41. The van der Waals surface area contributed by atoms with Gasteiger partial charge in [0.05, 0.1) is 6.54 Å². The summed E-state index contributed by atoms with van der Waals surface area (Å²) in [6, 6.07) is 0.0429. The molecule has 1 aliphatic carbocycles. The van der Waals surface area contributed by atoms with Crippen molar-refractivity contribution in [3.63, 3.8) is 0 Å². The van der Waals surface area contributed by atoms with Gasteiger partial charge < -0.3 is 10.6 Å². The number of halogens is 3. The molecule has 2 rings (SSSR count). The number of nitrogens with two attached hydrogens (primary N) is 1. The molecule has 4 nitrogen and oxygen atoms in total. The molecule has 1 saturated carbocycles. The molecule has 7 heteroatoms. The van der Waals surface area contributed by atoms with Crippen LogP contribution in [0, 0.1) is 5.41 Å². The summed E-state index contributed by atoms with van der Waals surface area (Å²) in [5, 5.41) is 0. The number of amides is 1. The van der Waals surface area contributed by atoms with Crippen molar-refractivity contribution in [2.45, 2.75) is 44.8 Å². The van der Waals surface area contributed by atoms with E-state index in [0.29, 0.717) is 13.0 Å². The van der Waals surface area contributed by atoms with Crippen LogP contribution in [-0.4, -0.2) is 60.6 Å². The molecule has 1 atom stereocenters. The second-order valence-electron chi connectivity index (χ2n) is 6.42. The molecular formula is C14H24F3N3O. The van der Waals surface area contributed by atoms with Gasteiger partial charge in [0, 0.05) is 25.7 Å². The van der Waals surface area contributed by atoms with Gasteiger partial charge in [-0.25, -0.2) is 0 Å². The van der Waals surface area contributed by atoms with Crippen LogP contribution in [0.1, 0.15) is 32.6 Å². The Morgan fingerprint density at radius 3 is 2.52 bits per heavy atom. The summed E-state index contributed by atoms with van der Waals surface area (Å²) in [4.78, 5) is 15.0. The summed E-state index contributed by atoms with van der Waals surface area (Å²) in [6.45, 7) is 2.15. The molecular weight excluding hydrogens is 283 g/mol. The van der Waals surface area contributed by atoms with Crippen molar-refractivity contribution in [3.8, 4) is 0 Å². The fourth-order valence-corrected chi connectivity index (χ4v) is 3.45. The van der Waals surface area contributed by atoms with Crippen LogP contribution in [0.15, 0.2) is 0 Å². The summed E-state index contributed by atoms with van der Waals surface area (Å²) in [5.74, 6) is -0.447. The van der Waals surface area contributed by atoms with Crippen molar-refractivity contribution in [1.82, 2.24) is 9.80 Å². The van der Waals surface area contributed by atoms with E-state index in [1.165, 1.54) is 0 Å². The number of likely N-dealkylation sites (tertiary alicyclic amines) is 1. The predicted octanol–water partition coefficient (Wildman–Crippen LogP) is 1.60. The van der Waals surface area contributed by atoms with E-state index in [4.69, 9.17) is 5.73 Å². The van der Waals surface area contributed by atoms with Crippen LogP contribution in [0.3, 0.4) is 0 Å². The van der Waals surface area contributed by atoms with Gasteiger partial charge in [-0.05, 0) is 24.7 Å². The molecule has 2 fully saturated rings. The molecule has 21 heavy (non-hydrogen) atoms. The first-order valence-electron chi connectivity index (χ1n) is 7.58. The second kappa shape index (κ2) is 6.12. The van der Waals surface area contributed by atoms with Crippen molar-refractivity contribution in [2.75, 3.05) is 32.7 Å². The quantitative estimate of drug-likeness (QED) is 0.839. The zero-order chi connectivity index (χ0) is 15.7. The van der Waals surface area contributed by atoms with E-state index in [9.17, 15) is 18.0 Å². The fourth-order valence-electron chi connectivity index (χ4n) is 3.45. The van der Waals surface area contributed by atoms with E-state index in [-0.39, 0.29) is 24.5 Å². The maximum atomic E-state index is 12.5. The molecule has 1 unspecified atom stereocenters. The van der Waals surface area contributed by atoms with Gasteiger partial charge in [0.15, 0.2) is 0 Å². The topological polar surface area (TPSA) is 49.6 Å². The number of carbonyl (C=O) groups is 1. The molecule has 1 saturated heterocycles. The number of carbonyl (C=O) groups excluding carboxylic acids is 1. The zero-order valence-corrected chi connectivity index (χ0v) is 12.5. The maximum absolute atomic E-state index is 12.5. The highest BCUT2D eigenvalue weighted by atomic mass is 19.4. The highest BCUT2D eigenvalue weighted by Crippen LogP contribution is 2.47. The molecule has 1 heterocycles. The average Bonchev–Trinajstić information content (AvgIpc) is 2.63. The second-order valence-corrected chi connectivity index (χ2v) is 6.42. The van der Waals surface area contributed by atoms with Crippen LogP contribution in [-0.2, 0) is 4.79 Å². The Kier molecular flexibility index (Phi) is 4.82. The van der Waals surface area contributed by atoms with Gasteiger partial charge in [-0.1, -0.05) is 13.3 Å². The Labute approximate surface area is 123 Å². The first kappa shape index (κ1) is 16.5. The van der Waals surface area contributed by atoms with E-state index in [2.05, 4.69) is 0 Å². The van der Waals surface area contributed by atoms with E-state index in [0.717, 1.165) is 30.7 Å². The lowest BCUT2D eigenvalue weighted by atomic mass is 9.66. The van der Waals surface area contributed by atoms with Crippen LogP contribution < -0.4 is 5.73 Å². The fraction of sp³-hybridized carbons (Fsp3) is 0.929. The van der Waals surface area contributed by atoms with Crippen molar-refractivity contribution in [3.05, 3.63) is 0 Å². The molecule has 122 valence electrons. The molecule has 2 aliphatic rings. The van der Waals surface area contributed by atoms with Crippen LogP contribution in [0.5, 0.6) is 0 Å². The minimum absolute atomic E-state index is 0.0429. The van der Waals surface area contributed by atoms with Crippen LogP contribution in [0.2, 0.25) is 0 Å². The van der Waals surface area contributed by atoms with Gasteiger partial charge in [0.25, 0.3) is 0 Å². The predicted molar refractivity (Wildman–Crippen MR) is 73.6 cm³/mol. The number of alkyl halides is 3. The number of nitrogens with zero attached hydrogens (tertiary/aromatic N) is 2. The molecule has 0 aromatic carbocycles. The van der Waals surface area contributed by atoms with Crippen LogP contribution >= 0.6 is 0 Å². The van der Waals surface area contributed by atoms with Gasteiger partial charge in [-0.3, -0.25) is 9.69 Å². The minimum atomic E-state index is -4.35.